The number of methoxy groups -OCH3 is 1. The van der Waals surface area contributed by atoms with Gasteiger partial charge in [0, 0.05) is 45.6 Å². The lowest BCUT2D eigenvalue weighted by molar-refractivity contribution is 0.178. The van der Waals surface area contributed by atoms with Gasteiger partial charge in [0.2, 0.25) is 0 Å². The van der Waals surface area contributed by atoms with Crippen LogP contribution in [-0.2, 0) is 17.8 Å². The van der Waals surface area contributed by atoms with E-state index in [-0.39, 0.29) is 0 Å². The van der Waals surface area contributed by atoms with Crippen molar-refractivity contribution in [3.8, 4) is 0 Å². The molecule has 0 atom stereocenters. The van der Waals surface area contributed by atoms with E-state index in [2.05, 4.69) is 27.6 Å². The molecule has 1 aliphatic rings. The minimum absolute atomic E-state index is 0.720. The Balaban J connectivity index is 1.61. The predicted molar refractivity (Wildman–Crippen MR) is 73.9 cm³/mol. The van der Waals surface area contributed by atoms with Crippen molar-refractivity contribution in [2.45, 2.75) is 38.4 Å². The fourth-order valence-electron chi connectivity index (χ4n) is 1.93. The molecule has 1 saturated carbocycles. The Hall–Kier alpha value is -0.980. The zero-order valence-corrected chi connectivity index (χ0v) is 12.0. The van der Waals surface area contributed by atoms with Gasteiger partial charge in [-0.25, -0.2) is 0 Å². The van der Waals surface area contributed by atoms with Crippen molar-refractivity contribution >= 4 is 0 Å². The number of aromatic nitrogens is 3. The van der Waals surface area contributed by atoms with Crippen LogP contribution in [0.3, 0.4) is 0 Å². The van der Waals surface area contributed by atoms with E-state index in [1.54, 1.807) is 7.11 Å². The number of hydrogen-bond donors (Lipinski definition) is 1. The molecule has 0 aliphatic heterocycles. The van der Waals surface area contributed by atoms with Crippen molar-refractivity contribution in [1.29, 1.82) is 0 Å². The van der Waals surface area contributed by atoms with E-state index in [1.807, 2.05) is 10.9 Å². The number of nitrogens with zero attached hydrogens (tertiary/aromatic N) is 4. The first kappa shape index (κ1) is 14.4. The van der Waals surface area contributed by atoms with E-state index < -0.39 is 0 Å². The molecule has 1 fully saturated rings. The van der Waals surface area contributed by atoms with Crippen LogP contribution >= 0.6 is 0 Å². The lowest BCUT2D eigenvalue weighted by Crippen LogP contribution is -2.25. The van der Waals surface area contributed by atoms with Crippen LogP contribution in [0, 0.1) is 0 Å². The molecular weight excluding hydrogens is 242 g/mol. The second-order valence-electron chi connectivity index (χ2n) is 5.28. The van der Waals surface area contributed by atoms with Gasteiger partial charge < -0.3 is 15.0 Å². The second-order valence-corrected chi connectivity index (χ2v) is 5.28. The number of rotatable bonds is 10. The maximum atomic E-state index is 5.05. The molecule has 19 heavy (non-hydrogen) atoms. The summed E-state index contributed by atoms with van der Waals surface area (Å²) in [6, 6.07) is 0.720. The van der Waals surface area contributed by atoms with E-state index in [9.17, 15) is 0 Å². The molecule has 1 heterocycles. The molecule has 0 radical (unpaired) electrons. The molecule has 0 unspecified atom stereocenters. The van der Waals surface area contributed by atoms with Crippen molar-refractivity contribution in [3.63, 3.8) is 0 Å². The Labute approximate surface area is 115 Å². The third kappa shape index (κ3) is 5.67. The highest BCUT2D eigenvalue weighted by atomic mass is 16.5. The van der Waals surface area contributed by atoms with Gasteiger partial charge in [-0.1, -0.05) is 5.21 Å². The molecule has 6 heteroatoms. The van der Waals surface area contributed by atoms with Crippen molar-refractivity contribution < 1.29 is 4.74 Å². The molecule has 1 aromatic rings. The summed E-state index contributed by atoms with van der Waals surface area (Å²) in [7, 11) is 3.87. The van der Waals surface area contributed by atoms with Gasteiger partial charge in [0.25, 0.3) is 0 Å². The summed E-state index contributed by atoms with van der Waals surface area (Å²) in [6.45, 7) is 4.60. The molecule has 0 aromatic carbocycles. The molecule has 0 amide bonds. The summed E-state index contributed by atoms with van der Waals surface area (Å²) in [4.78, 5) is 2.29. The molecule has 1 aliphatic carbocycles. The highest BCUT2D eigenvalue weighted by molar-refractivity contribution is 4.94. The third-order valence-electron chi connectivity index (χ3n) is 3.33. The van der Waals surface area contributed by atoms with Crippen molar-refractivity contribution in [2.75, 3.05) is 33.9 Å². The van der Waals surface area contributed by atoms with E-state index >= 15 is 0 Å². The van der Waals surface area contributed by atoms with E-state index in [1.165, 1.54) is 12.8 Å². The first-order chi connectivity index (χ1) is 9.28. The van der Waals surface area contributed by atoms with E-state index in [4.69, 9.17) is 4.74 Å². The van der Waals surface area contributed by atoms with Crippen LogP contribution in [0.15, 0.2) is 6.20 Å². The molecule has 0 spiro atoms. The Kier molecular flexibility index (Phi) is 5.75. The van der Waals surface area contributed by atoms with Crippen LogP contribution in [0.25, 0.3) is 0 Å². The van der Waals surface area contributed by atoms with Gasteiger partial charge >= 0.3 is 0 Å². The van der Waals surface area contributed by atoms with Gasteiger partial charge in [0.05, 0.1) is 12.2 Å². The average molecular weight is 267 g/mol. The Bertz CT molecular complexity index is 364. The summed E-state index contributed by atoms with van der Waals surface area (Å²) in [5, 5.41) is 11.8. The predicted octanol–water partition coefficient (Wildman–Crippen LogP) is 0.498. The minimum atomic E-state index is 0.720. The lowest BCUT2D eigenvalue weighted by atomic mass is 10.4. The molecule has 1 aromatic heterocycles. The monoisotopic (exact) mass is 267 g/mol. The quantitative estimate of drug-likeness (QED) is 0.626. The zero-order chi connectivity index (χ0) is 13.5. The molecule has 0 saturated heterocycles. The average Bonchev–Trinajstić information content (AvgIpc) is 3.13. The first-order valence-corrected chi connectivity index (χ1v) is 7.08. The number of hydrogen-bond acceptors (Lipinski definition) is 5. The summed E-state index contributed by atoms with van der Waals surface area (Å²) in [5.41, 5.74) is 1.04. The van der Waals surface area contributed by atoms with E-state index in [0.29, 0.717) is 0 Å². The normalized spacial score (nSPS) is 15.3. The highest BCUT2D eigenvalue weighted by Crippen LogP contribution is 2.18. The molecule has 6 nitrogen and oxygen atoms in total. The lowest BCUT2D eigenvalue weighted by Gasteiger charge is -2.15. The zero-order valence-electron chi connectivity index (χ0n) is 12.0. The summed E-state index contributed by atoms with van der Waals surface area (Å²) in [6.07, 6.45) is 5.72. The number of likely N-dealkylation sites (N-methyl/N-ethyl adjacent to an activating group) is 1. The van der Waals surface area contributed by atoms with Crippen LogP contribution in [0.1, 0.15) is 25.0 Å². The van der Waals surface area contributed by atoms with Gasteiger partial charge in [-0.3, -0.25) is 4.68 Å². The summed E-state index contributed by atoms with van der Waals surface area (Å²) >= 11 is 0. The molecule has 1 N–H and O–H groups in total. The largest absolute Gasteiger partial charge is 0.385 e. The fraction of sp³-hybridized carbons (Fsp3) is 0.846. The molecule has 0 bridgehead atoms. The third-order valence-corrected chi connectivity index (χ3v) is 3.33. The smallest absolute Gasteiger partial charge is 0.0964 e. The van der Waals surface area contributed by atoms with Crippen molar-refractivity contribution in [3.05, 3.63) is 11.9 Å². The van der Waals surface area contributed by atoms with Crippen LogP contribution in [0.5, 0.6) is 0 Å². The Morgan fingerprint density at radius 1 is 1.47 bits per heavy atom. The van der Waals surface area contributed by atoms with Gasteiger partial charge in [0.1, 0.15) is 0 Å². The standard InChI is InChI=1S/C13H25N5O/c1-17(6-3-9-19-2)7-8-18-11-13(15-16-18)10-14-12-4-5-12/h11-12,14H,3-10H2,1-2H3. The van der Waals surface area contributed by atoms with Gasteiger partial charge in [-0.05, 0) is 26.3 Å². The summed E-state index contributed by atoms with van der Waals surface area (Å²) < 4.78 is 6.98. The fourth-order valence-corrected chi connectivity index (χ4v) is 1.93. The second kappa shape index (κ2) is 7.57. The Morgan fingerprint density at radius 2 is 2.32 bits per heavy atom. The van der Waals surface area contributed by atoms with Crippen LogP contribution in [0.4, 0.5) is 0 Å². The van der Waals surface area contributed by atoms with Crippen LogP contribution in [0.2, 0.25) is 0 Å². The van der Waals surface area contributed by atoms with Gasteiger partial charge in [-0.15, -0.1) is 5.10 Å². The van der Waals surface area contributed by atoms with Crippen molar-refractivity contribution in [1.82, 2.24) is 25.2 Å². The molecule has 108 valence electrons. The first-order valence-electron chi connectivity index (χ1n) is 7.08. The summed E-state index contributed by atoms with van der Waals surface area (Å²) in [5.74, 6) is 0. The maximum Gasteiger partial charge on any atom is 0.0964 e. The number of nitrogens with one attached hydrogen (secondary N) is 1. The van der Waals surface area contributed by atoms with Crippen LogP contribution < -0.4 is 5.32 Å². The SMILES string of the molecule is COCCCN(C)CCn1cc(CNC2CC2)nn1. The maximum absolute atomic E-state index is 5.05. The topological polar surface area (TPSA) is 55.2 Å². The molecule has 2 rings (SSSR count). The number of ether oxygens (including phenoxy) is 1. The van der Waals surface area contributed by atoms with Gasteiger partial charge in [-0.2, -0.15) is 0 Å². The molecular formula is C13H25N5O. The highest BCUT2D eigenvalue weighted by Gasteiger charge is 2.20. The van der Waals surface area contributed by atoms with Crippen LogP contribution in [-0.4, -0.2) is 59.8 Å². The minimum Gasteiger partial charge on any atom is -0.385 e. The van der Waals surface area contributed by atoms with Crippen molar-refractivity contribution in [2.24, 2.45) is 0 Å². The van der Waals surface area contributed by atoms with E-state index in [0.717, 1.165) is 50.9 Å². The Morgan fingerprint density at radius 3 is 3.05 bits per heavy atom. The van der Waals surface area contributed by atoms with Gasteiger partial charge in [0.15, 0.2) is 0 Å².